The van der Waals surface area contributed by atoms with Crippen LogP contribution in [-0.4, -0.2) is 35.1 Å². The molecule has 0 saturated heterocycles. The summed E-state index contributed by atoms with van der Waals surface area (Å²) < 4.78 is 30.2. The molecule has 1 aromatic rings. The zero-order valence-corrected chi connectivity index (χ0v) is 9.43. The predicted molar refractivity (Wildman–Crippen MR) is 56.2 cm³/mol. The van der Waals surface area contributed by atoms with Gasteiger partial charge in [-0.3, -0.25) is 4.55 Å². The van der Waals surface area contributed by atoms with Gasteiger partial charge in [0.1, 0.15) is 0 Å². The summed E-state index contributed by atoms with van der Waals surface area (Å²) in [5.41, 5.74) is -1.07. The molecule has 1 rings (SSSR count). The van der Waals surface area contributed by atoms with Crippen LogP contribution in [0, 0.1) is 0 Å². The van der Waals surface area contributed by atoms with E-state index in [9.17, 15) is 18.0 Å². The van der Waals surface area contributed by atoms with Crippen LogP contribution in [0.3, 0.4) is 0 Å². The van der Waals surface area contributed by atoms with Gasteiger partial charge in [-0.1, -0.05) is 0 Å². The maximum absolute atomic E-state index is 10.8. The maximum atomic E-state index is 10.8. The quantitative estimate of drug-likeness (QED) is 0.583. The van der Waals surface area contributed by atoms with E-state index < -0.39 is 38.1 Å². The number of hydrogen-bond acceptors (Lipinski definition) is 4. The van der Waals surface area contributed by atoms with Crippen LogP contribution in [0.2, 0.25) is 0 Å². The first-order chi connectivity index (χ1) is 7.21. The molecule has 7 N–H and O–H groups in total. The van der Waals surface area contributed by atoms with Crippen molar-refractivity contribution in [2.75, 3.05) is 0 Å². The minimum Gasteiger partial charge on any atom is -0.478 e. The molecule has 8 nitrogen and oxygen atoms in total. The van der Waals surface area contributed by atoms with Gasteiger partial charge in [0, 0.05) is 0 Å². The summed E-state index contributed by atoms with van der Waals surface area (Å²) in [4.78, 5) is 20.4. The van der Waals surface area contributed by atoms with E-state index in [1.165, 1.54) is 0 Å². The molecule has 0 aliphatic heterocycles. The second-order valence-corrected chi connectivity index (χ2v) is 4.25. The summed E-state index contributed by atoms with van der Waals surface area (Å²) in [5, 5.41) is 17.2. The van der Waals surface area contributed by atoms with E-state index in [0.29, 0.717) is 12.1 Å². The number of carbonyl (C=O) groups is 2. The molecule has 0 bridgehead atoms. The van der Waals surface area contributed by atoms with Gasteiger partial charge in [-0.25, -0.2) is 9.59 Å². The fourth-order valence-electron chi connectivity index (χ4n) is 0.995. The number of carboxylic acids is 2. The molecule has 0 aliphatic rings. The van der Waals surface area contributed by atoms with E-state index in [1.54, 1.807) is 0 Å². The van der Waals surface area contributed by atoms with Crippen molar-refractivity contribution in [2.24, 2.45) is 0 Å². The minimum absolute atomic E-state index is 0. The number of hydrogen-bond donors (Lipinski definition) is 4. The lowest BCUT2D eigenvalue weighted by Gasteiger charge is -2.02. The number of carboxylic acid groups (broad SMARTS) is 2. The van der Waals surface area contributed by atoms with E-state index in [0.717, 1.165) is 6.07 Å². The van der Waals surface area contributed by atoms with E-state index in [1.807, 2.05) is 0 Å². The van der Waals surface area contributed by atoms with E-state index in [-0.39, 0.29) is 6.15 Å². The van der Waals surface area contributed by atoms with Gasteiger partial charge in [0.25, 0.3) is 10.1 Å². The topological polar surface area (TPSA) is 165 Å². The predicted octanol–water partition coefficient (Wildman–Crippen LogP) is 0.706. The van der Waals surface area contributed by atoms with Gasteiger partial charge in [-0.15, -0.1) is 0 Å². The van der Waals surface area contributed by atoms with Gasteiger partial charge in [0.05, 0.1) is 16.0 Å². The maximum Gasteiger partial charge on any atom is 0.335 e. The molecule has 0 fully saturated rings. The minimum atomic E-state index is -4.64. The zero-order valence-electron chi connectivity index (χ0n) is 8.61. The molecule has 0 aromatic heterocycles. The van der Waals surface area contributed by atoms with Crippen molar-refractivity contribution in [1.82, 2.24) is 6.15 Å². The SMILES string of the molecule is O=C(O)c1cc(C(=O)O)cc(S(=O)(=O)O)c1.[NH4+]. The van der Waals surface area contributed by atoms with Gasteiger partial charge >= 0.3 is 11.9 Å². The molecule has 1 aromatic carbocycles. The molecule has 0 atom stereocenters. The van der Waals surface area contributed by atoms with Crippen LogP contribution in [0.5, 0.6) is 0 Å². The first-order valence-electron chi connectivity index (χ1n) is 3.81. The summed E-state index contributed by atoms with van der Waals surface area (Å²) in [6.07, 6.45) is 0. The summed E-state index contributed by atoms with van der Waals surface area (Å²) in [6.45, 7) is 0. The molecular weight excluding hydrogens is 254 g/mol. The lowest BCUT2D eigenvalue weighted by atomic mass is 10.1. The highest BCUT2D eigenvalue weighted by atomic mass is 32.2. The Balaban J connectivity index is 0.00000256. The fraction of sp³-hybridized carbons (Fsp3) is 0. The van der Waals surface area contributed by atoms with Gasteiger partial charge in [-0.2, -0.15) is 8.42 Å². The third kappa shape index (κ3) is 3.52. The first kappa shape index (κ1) is 15.0. The highest BCUT2D eigenvalue weighted by molar-refractivity contribution is 7.85. The summed E-state index contributed by atoms with van der Waals surface area (Å²) in [6, 6.07) is 2.13. The highest BCUT2D eigenvalue weighted by Gasteiger charge is 2.17. The van der Waals surface area contributed by atoms with Crippen molar-refractivity contribution >= 4 is 22.1 Å². The number of benzene rings is 1. The lowest BCUT2D eigenvalue weighted by molar-refractivity contribution is 0.0696. The van der Waals surface area contributed by atoms with Crippen LogP contribution in [-0.2, 0) is 10.1 Å². The molecule has 0 spiro atoms. The number of aromatic carboxylic acids is 2. The van der Waals surface area contributed by atoms with Crippen molar-refractivity contribution in [1.29, 1.82) is 0 Å². The second-order valence-electron chi connectivity index (χ2n) is 2.83. The Hall–Kier alpha value is -1.97. The third-order valence-corrected chi connectivity index (χ3v) is 2.53. The molecule has 0 amide bonds. The molecule has 17 heavy (non-hydrogen) atoms. The third-order valence-electron chi connectivity index (χ3n) is 1.70. The second kappa shape index (κ2) is 4.91. The molecule has 0 unspecified atom stereocenters. The van der Waals surface area contributed by atoms with Crippen LogP contribution < -0.4 is 6.15 Å². The Morgan fingerprint density at radius 3 is 1.53 bits per heavy atom. The van der Waals surface area contributed by atoms with Gasteiger partial charge in [0.2, 0.25) is 0 Å². The van der Waals surface area contributed by atoms with Crippen molar-refractivity contribution < 1.29 is 32.8 Å². The van der Waals surface area contributed by atoms with Crippen LogP contribution in [0.25, 0.3) is 0 Å². The molecule has 9 heteroatoms. The summed E-state index contributed by atoms with van der Waals surface area (Å²) in [7, 11) is -4.64. The van der Waals surface area contributed by atoms with E-state index in [2.05, 4.69) is 0 Å². The molecule has 0 heterocycles. The Bertz CT molecular complexity index is 531. The Morgan fingerprint density at radius 2 is 1.29 bits per heavy atom. The lowest BCUT2D eigenvalue weighted by Crippen LogP contribution is -2.07. The van der Waals surface area contributed by atoms with Crippen molar-refractivity contribution in [2.45, 2.75) is 4.90 Å². The smallest absolute Gasteiger partial charge is 0.335 e. The Morgan fingerprint density at radius 1 is 0.941 bits per heavy atom. The van der Waals surface area contributed by atoms with E-state index >= 15 is 0 Å². The Labute approximate surface area is 95.8 Å². The van der Waals surface area contributed by atoms with Crippen molar-refractivity contribution in [3.8, 4) is 0 Å². The average molecular weight is 264 g/mol. The zero-order chi connectivity index (χ0) is 12.5. The van der Waals surface area contributed by atoms with Crippen LogP contribution in [0.15, 0.2) is 23.1 Å². The molecular formula is C8H10NO7S+. The largest absolute Gasteiger partial charge is 0.478 e. The van der Waals surface area contributed by atoms with Crippen molar-refractivity contribution in [3.63, 3.8) is 0 Å². The van der Waals surface area contributed by atoms with Gasteiger partial charge < -0.3 is 16.4 Å². The molecule has 0 saturated carbocycles. The van der Waals surface area contributed by atoms with Crippen LogP contribution >= 0.6 is 0 Å². The molecule has 0 radical (unpaired) electrons. The van der Waals surface area contributed by atoms with Gasteiger partial charge in [0.15, 0.2) is 0 Å². The van der Waals surface area contributed by atoms with Crippen molar-refractivity contribution in [3.05, 3.63) is 29.3 Å². The highest BCUT2D eigenvalue weighted by Crippen LogP contribution is 2.15. The monoisotopic (exact) mass is 264 g/mol. The fourth-order valence-corrected chi connectivity index (χ4v) is 1.55. The van der Waals surface area contributed by atoms with Crippen LogP contribution in [0.1, 0.15) is 20.7 Å². The molecule has 94 valence electrons. The number of quaternary nitrogens is 1. The first-order valence-corrected chi connectivity index (χ1v) is 5.25. The standard InChI is InChI=1S/C8H6O7S.H3N/c9-7(10)4-1-5(8(11)12)3-6(2-4)16(13,14)15;/h1-3H,(H,9,10)(H,11,12)(H,13,14,15);1H3/p+1. The van der Waals surface area contributed by atoms with E-state index in [4.69, 9.17) is 14.8 Å². The van der Waals surface area contributed by atoms with Crippen LogP contribution in [0.4, 0.5) is 0 Å². The summed E-state index contributed by atoms with van der Waals surface area (Å²) in [5.74, 6) is -2.99. The molecule has 0 aliphatic carbocycles. The normalized spacial score (nSPS) is 10.4. The Kier molecular flexibility index (Phi) is 4.34. The number of rotatable bonds is 3. The summed E-state index contributed by atoms with van der Waals surface area (Å²) >= 11 is 0. The average Bonchev–Trinajstić information content (AvgIpc) is 2.15. The van der Waals surface area contributed by atoms with Gasteiger partial charge in [-0.05, 0) is 18.2 Å².